The second kappa shape index (κ2) is 61.5. The van der Waals surface area contributed by atoms with Crippen LogP contribution in [0.5, 0.6) is 0 Å². The zero-order chi connectivity index (χ0) is 60.2. The summed E-state index contributed by atoms with van der Waals surface area (Å²) >= 11 is 0. The fourth-order valence-corrected chi connectivity index (χ4v) is 11.3. The van der Waals surface area contributed by atoms with Gasteiger partial charge < -0.3 is 45.1 Å². The van der Waals surface area contributed by atoms with Crippen molar-refractivity contribution >= 4 is 11.9 Å². The van der Waals surface area contributed by atoms with Crippen LogP contribution in [0.25, 0.3) is 0 Å². The van der Waals surface area contributed by atoms with E-state index in [2.05, 4.69) is 43.5 Å². The Morgan fingerprint density at radius 2 is 0.783 bits per heavy atom. The Morgan fingerprint density at radius 3 is 1.22 bits per heavy atom. The standard InChI is InChI=1S/C72H135NO10/c1-3-5-7-9-11-13-14-15-37-40-44-48-52-56-60-68(77)81-61-57-53-49-45-41-38-35-33-31-29-27-25-23-21-19-17-16-18-20-22-24-26-28-30-32-34-36-39-43-47-51-55-59-67(76)73-64(65(75)58-54-50-46-42-12-10-8-6-4-2)63-82-72-71(80)70(79)69(78)66(62-74)83-72/h12,19,21,42,54,58,64-66,69-72,74-75,78-80H,3-11,13-18,20,22-41,43-53,55-57,59-63H2,1-2H3,(H,73,76)/b21-19-,42-12+,58-54+. The van der Waals surface area contributed by atoms with E-state index in [0.717, 1.165) is 51.4 Å². The molecule has 11 heteroatoms. The summed E-state index contributed by atoms with van der Waals surface area (Å²) in [6.07, 6.45) is 68.8. The van der Waals surface area contributed by atoms with E-state index in [4.69, 9.17) is 14.2 Å². The first kappa shape index (κ1) is 78.9. The van der Waals surface area contributed by atoms with E-state index < -0.39 is 49.5 Å². The molecule has 7 unspecified atom stereocenters. The van der Waals surface area contributed by atoms with Gasteiger partial charge in [0.2, 0.25) is 5.91 Å². The molecule has 0 spiro atoms. The van der Waals surface area contributed by atoms with Crippen LogP contribution in [-0.2, 0) is 23.8 Å². The molecule has 11 nitrogen and oxygen atoms in total. The summed E-state index contributed by atoms with van der Waals surface area (Å²) in [4.78, 5) is 25.1. The number of hydrogen-bond acceptors (Lipinski definition) is 10. The summed E-state index contributed by atoms with van der Waals surface area (Å²) in [5.41, 5.74) is 0. The molecule has 1 heterocycles. The number of allylic oxidation sites excluding steroid dienone is 5. The molecule has 0 bridgehead atoms. The van der Waals surface area contributed by atoms with Gasteiger partial charge in [0.25, 0.3) is 0 Å². The first-order valence-corrected chi connectivity index (χ1v) is 35.8. The number of aliphatic hydroxyl groups excluding tert-OH is 5. The maximum atomic E-state index is 13.0. The monoisotopic (exact) mass is 1170 g/mol. The normalized spacial score (nSPS) is 18.3. The van der Waals surface area contributed by atoms with Gasteiger partial charge in [0.05, 0.1) is 32.0 Å². The third-order valence-corrected chi connectivity index (χ3v) is 17.0. The highest BCUT2D eigenvalue weighted by Crippen LogP contribution is 2.23. The van der Waals surface area contributed by atoms with E-state index in [9.17, 15) is 35.1 Å². The molecule has 1 amide bonds. The minimum Gasteiger partial charge on any atom is -0.466 e. The Kier molecular flexibility index (Phi) is 58.5. The van der Waals surface area contributed by atoms with Crippen LogP contribution >= 0.6 is 0 Å². The average molecular weight is 1170 g/mol. The summed E-state index contributed by atoms with van der Waals surface area (Å²) in [7, 11) is 0. The fraction of sp³-hybridized carbons (Fsp3) is 0.889. The topological polar surface area (TPSA) is 175 Å². The smallest absolute Gasteiger partial charge is 0.305 e. The van der Waals surface area contributed by atoms with Crippen LogP contribution in [0.3, 0.4) is 0 Å². The van der Waals surface area contributed by atoms with Crippen molar-refractivity contribution in [3.05, 3.63) is 36.5 Å². The summed E-state index contributed by atoms with van der Waals surface area (Å²) < 4.78 is 16.7. The van der Waals surface area contributed by atoms with Gasteiger partial charge in [-0.15, -0.1) is 0 Å². The van der Waals surface area contributed by atoms with E-state index in [1.165, 1.54) is 270 Å². The van der Waals surface area contributed by atoms with Gasteiger partial charge in [-0.25, -0.2) is 0 Å². The lowest BCUT2D eigenvalue weighted by atomic mass is 9.99. The van der Waals surface area contributed by atoms with E-state index in [1.807, 2.05) is 6.08 Å². The van der Waals surface area contributed by atoms with E-state index in [0.29, 0.717) is 19.4 Å². The van der Waals surface area contributed by atoms with Crippen molar-refractivity contribution in [1.82, 2.24) is 5.32 Å². The SMILES string of the molecule is CCCCC/C=C/CC/C=C/C(O)C(COC1OC(CO)C(O)C(O)C1O)NC(=O)CCCCCCCCCCCCCCCCCC/C=C\CCCCCCCCCCCCCCOC(=O)CCCCCCCCCCCCCCCC. The van der Waals surface area contributed by atoms with Crippen LogP contribution in [0.2, 0.25) is 0 Å². The molecule has 488 valence electrons. The van der Waals surface area contributed by atoms with Gasteiger partial charge >= 0.3 is 5.97 Å². The lowest BCUT2D eigenvalue weighted by molar-refractivity contribution is -0.302. The number of carbonyl (C=O) groups excluding carboxylic acids is 2. The third-order valence-electron chi connectivity index (χ3n) is 17.0. The highest BCUT2D eigenvalue weighted by molar-refractivity contribution is 5.76. The molecule has 83 heavy (non-hydrogen) atoms. The minimum atomic E-state index is -1.57. The zero-order valence-corrected chi connectivity index (χ0v) is 54.2. The van der Waals surface area contributed by atoms with Crippen molar-refractivity contribution in [2.24, 2.45) is 0 Å². The van der Waals surface area contributed by atoms with Gasteiger partial charge in [0, 0.05) is 12.8 Å². The number of nitrogens with one attached hydrogen (secondary N) is 1. The van der Waals surface area contributed by atoms with E-state index in [1.54, 1.807) is 6.08 Å². The van der Waals surface area contributed by atoms with Crippen molar-refractivity contribution in [2.75, 3.05) is 19.8 Å². The second-order valence-electron chi connectivity index (χ2n) is 24.9. The molecule has 0 radical (unpaired) electrons. The molecule has 0 saturated carbocycles. The average Bonchev–Trinajstić information content (AvgIpc) is 3.55. The number of rotatable bonds is 63. The Bertz CT molecular complexity index is 1470. The number of esters is 1. The molecule has 0 aliphatic carbocycles. The molecule has 0 aromatic rings. The fourth-order valence-electron chi connectivity index (χ4n) is 11.3. The Morgan fingerprint density at radius 1 is 0.434 bits per heavy atom. The Labute approximate surface area is 511 Å². The van der Waals surface area contributed by atoms with Gasteiger partial charge in [-0.2, -0.15) is 0 Å². The van der Waals surface area contributed by atoms with Crippen molar-refractivity contribution in [1.29, 1.82) is 0 Å². The van der Waals surface area contributed by atoms with Crippen molar-refractivity contribution < 1.29 is 49.3 Å². The molecule has 0 aromatic carbocycles. The van der Waals surface area contributed by atoms with Crippen LogP contribution in [0.15, 0.2) is 36.5 Å². The highest BCUT2D eigenvalue weighted by Gasteiger charge is 2.44. The molecule has 1 aliphatic heterocycles. The lowest BCUT2D eigenvalue weighted by Gasteiger charge is -2.40. The van der Waals surface area contributed by atoms with Gasteiger partial charge in [0.1, 0.15) is 24.4 Å². The van der Waals surface area contributed by atoms with Crippen molar-refractivity contribution in [3.63, 3.8) is 0 Å². The van der Waals surface area contributed by atoms with E-state index in [-0.39, 0.29) is 18.5 Å². The molecular weight excluding hydrogens is 1040 g/mol. The number of aliphatic hydroxyl groups is 5. The summed E-state index contributed by atoms with van der Waals surface area (Å²) in [6, 6.07) is -0.824. The maximum absolute atomic E-state index is 13.0. The molecule has 1 saturated heterocycles. The third kappa shape index (κ3) is 50.6. The summed E-state index contributed by atoms with van der Waals surface area (Å²) in [5, 5.41) is 54.2. The van der Waals surface area contributed by atoms with Crippen LogP contribution in [0.4, 0.5) is 0 Å². The summed E-state index contributed by atoms with van der Waals surface area (Å²) in [6.45, 7) is 4.31. The van der Waals surface area contributed by atoms with Gasteiger partial charge in [0.15, 0.2) is 6.29 Å². The lowest BCUT2D eigenvalue weighted by Crippen LogP contribution is -2.60. The zero-order valence-electron chi connectivity index (χ0n) is 54.2. The second-order valence-corrected chi connectivity index (χ2v) is 24.9. The molecule has 0 aromatic heterocycles. The number of ether oxygens (including phenoxy) is 3. The van der Waals surface area contributed by atoms with Gasteiger partial charge in [-0.05, 0) is 70.6 Å². The molecule has 1 rings (SSSR count). The Balaban J connectivity index is 1.90. The van der Waals surface area contributed by atoms with Crippen molar-refractivity contribution in [3.8, 4) is 0 Å². The van der Waals surface area contributed by atoms with Crippen molar-refractivity contribution in [2.45, 2.75) is 391 Å². The van der Waals surface area contributed by atoms with Gasteiger partial charge in [-0.1, -0.05) is 301 Å². The minimum absolute atomic E-state index is 0.0129. The molecular formula is C72H135NO10. The van der Waals surface area contributed by atoms with Crippen LogP contribution in [0.1, 0.15) is 348 Å². The number of hydrogen-bond donors (Lipinski definition) is 6. The highest BCUT2D eigenvalue weighted by atomic mass is 16.7. The first-order valence-electron chi connectivity index (χ1n) is 35.8. The molecule has 7 atom stereocenters. The van der Waals surface area contributed by atoms with E-state index >= 15 is 0 Å². The molecule has 1 fully saturated rings. The van der Waals surface area contributed by atoms with Gasteiger partial charge in [-0.3, -0.25) is 9.59 Å². The van der Waals surface area contributed by atoms with Crippen LogP contribution in [-0.4, -0.2) is 100 Å². The quantitative estimate of drug-likeness (QED) is 0.0195. The molecule has 6 N–H and O–H groups in total. The number of carbonyl (C=O) groups is 2. The summed E-state index contributed by atoms with van der Waals surface area (Å²) in [5.74, 6) is -0.178. The predicted octanol–water partition coefficient (Wildman–Crippen LogP) is 18.2. The molecule has 1 aliphatic rings. The predicted molar refractivity (Wildman–Crippen MR) is 347 cm³/mol. The van der Waals surface area contributed by atoms with Crippen LogP contribution in [0, 0.1) is 0 Å². The maximum Gasteiger partial charge on any atom is 0.305 e. The first-order chi connectivity index (χ1) is 40.7. The number of amides is 1. The van der Waals surface area contributed by atoms with Crippen LogP contribution < -0.4 is 5.32 Å². The Hall–Kier alpha value is -2.12. The number of unbranched alkanes of at least 4 members (excludes halogenated alkanes) is 45. The largest absolute Gasteiger partial charge is 0.466 e.